The number of ether oxygens (including phenoxy) is 1. The summed E-state index contributed by atoms with van der Waals surface area (Å²) in [7, 11) is 1.62. The summed E-state index contributed by atoms with van der Waals surface area (Å²) in [6.07, 6.45) is 5.73. The summed E-state index contributed by atoms with van der Waals surface area (Å²) in [5, 5.41) is 12.8. The number of halogens is 1. The largest absolute Gasteiger partial charge is 0.380 e. The summed E-state index contributed by atoms with van der Waals surface area (Å²) in [4.78, 5) is 12.5. The summed E-state index contributed by atoms with van der Waals surface area (Å²) in [5.74, 6) is -0.218. The monoisotopic (exact) mass is 437 g/mol. The predicted molar refractivity (Wildman–Crippen MR) is 115 cm³/mol. The summed E-state index contributed by atoms with van der Waals surface area (Å²) >= 11 is 3.49. The lowest BCUT2D eigenvalue weighted by Gasteiger charge is -2.11. The highest BCUT2D eigenvalue weighted by Gasteiger charge is 2.09. The Labute approximate surface area is 172 Å². The Bertz CT molecular complexity index is 1060. The number of aromatic nitrogens is 1. The van der Waals surface area contributed by atoms with Crippen molar-refractivity contribution in [3.8, 4) is 6.07 Å². The highest BCUT2D eigenvalue weighted by Crippen LogP contribution is 2.26. The highest BCUT2D eigenvalue weighted by atomic mass is 79.9. The lowest BCUT2D eigenvalue weighted by molar-refractivity contribution is -0.111. The van der Waals surface area contributed by atoms with Crippen LogP contribution in [0.15, 0.2) is 59.2 Å². The first-order chi connectivity index (χ1) is 13.6. The minimum Gasteiger partial charge on any atom is -0.380 e. The van der Waals surface area contributed by atoms with E-state index in [1.54, 1.807) is 13.2 Å². The van der Waals surface area contributed by atoms with Crippen LogP contribution >= 0.6 is 15.9 Å². The first-order valence-corrected chi connectivity index (χ1v) is 9.63. The fourth-order valence-corrected chi connectivity index (χ4v) is 3.55. The number of para-hydroxylation sites is 1. The van der Waals surface area contributed by atoms with Crippen molar-refractivity contribution < 1.29 is 9.53 Å². The van der Waals surface area contributed by atoms with Crippen molar-refractivity contribution >= 4 is 44.5 Å². The zero-order chi connectivity index (χ0) is 19.9. The second-order valence-electron chi connectivity index (χ2n) is 6.22. The number of fused-ring (bicyclic) bond motifs is 1. The lowest BCUT2D eigenvalue weighted by Crippen LogP contribution is -2.10. The zero-order valence-electron chi connectivity index (χ0n) is 15.5. The molecule has 2 aromatic carbocycles. The average molecular weight is 438 g/mol. The molecule has 142 valence electrons. The number of anilines is 1. The summed E-state index contributed by atoms with van der Waals surface area (Å²) in [6.45, 7) is 1.02. The Morgan fingerprint density at radius 2 is 2.11 bits per heavy atom. The van der Waals surface area contributed by atoms with Gasteiger partial charge in [0, 0.05) is 58.1 Å². The summed E-state index contributed by atoms with van der Waals surface area (Å²) in [6, 6.07) is 15.8. The number of benzene rings is 2. The molecule has 0 saturated heterocycles. The van der Waals surface area contributed by atoms with Crippen molar-refractivity contribution in [1.82, 2.24) is 4.57 Å². The maximum Gasteiger partial charge on any atom is 0.248 e. The standard InChI is InChI=1S/C22H20BrN3O2/c1-28-15-18-19(23)7-4-8-20(18)25-22(27)11-10-16-14-26(13-5-12-24)21-9-3-2-6-17(16)21/h2-4,6-11,14H,5,13,15H2,1H3,(H,25,27). The van der Waals surface area contributed by atoms with Crippen LogP contribution in [0, 0.1) is 11.3 Å². The molecule has 0 atom stereocenters. The smallest absolute Gasteiger partial charge is 0.248 e. The van der Waals surface area contributed by atoms with Gasteiger partial charge in [-0.1, -0.05) is 40.2 Å². The first-order valence-electron chi connectivity index (χ1n) is 8.84. The van der Waals surface area contributed by atoms with Crippen LogP contribution in [-0.2, 0) is 22.7 Å². The molecule has 0 saturated carbocycles. The van der Waals surface area contributed by atoms with Gasteiger partial charge in [-0.25, -0.2) is 0 Å². The second-order valence-corrected chi connectivity index (χ2v) is 7.08. The Hall–Kier alpha value is -2.88. The summed E-state index contributed by atoms with van der Waals surface area (Å²) < 4.78 is 8.15. The number of hydrogen-bond acceptors (Lipinski definition) is 3. The van der Waals surface area contributed by atoms with Gasteiger partial charge in [0.2, 0.25) is 5.91 Å². The van der Waals surface area contributed by atoms with Gasteiger partial charge in [-0.3, -0.25) is 4.79 Å². The molecule has 0 aliphatic rings. The molecule has 1 amide bonds. The quantitative estimate of drug-likeness (QED) is 0.521. The van der Waals surface area contributed by atoms with Crippen molar-refractivity contribution in [2.75, 3.05) is 12.4 Å². The average Bonchev–Trinajstić information content (AvgIpc) is 3.05. The maximum atomic E-state index is 12.5. The van der Waals surface area contributed by atoms with Crippen LogP contribution in [0.4, 0.5) is 5.69 Å². The van der Waals surface area contributed by atoms with Gasteiger partial charge in [0.15, 0.2) is 0 Å². The summed E-state index contributed by atoms with van der Waals surface area (Å²) in [5.41, 5.74) is 3.59. The fourth-order valence-electron chi connectivity index (χ4n) is 3.07. The number of nitrogens with zero attached hydrogens (tertiary/aromatic N) is 2. The molecule has 0 spiro atoms. The van der Waals surface area contributed by atoms with E-state index in [9.17, 15) is 4.79 Å². The molecule has 1 aromatic heterocycles. The van der Waals surface area contributed by atoms with Crippen LogP contribution in [0.25, 0.3) is 17.0 Å². The fraction of sp³-hybridized carbons (Fsp3) is 0.182. The van der Waals surface area contributed by atoms with Crippen LogP contribution in [-0.4, -0.2) is 17.6 Å². The van der Waals surface area contributed by atoms with Gasteiger partial charge in [0.25, 0.3) is 0 Å². The molecule has 6 heteroatoms. The molecule has 0 bridgehead atoms. The number of nitriles is 1. The van der Waals surface area contributed by atoms with E-state index in [4.69, 9.17) is 10.00 Å². The van der Waals surface area contributed by atoms with E-state index >= 15 is 0 Å². The van der Waals surface area contributed by atoms with Gasteiger partial charge in [0.05, 0.1) is 19.1 Å². The Balaban J connectivity index is 1.82. The van der Waals surface area contributed by atoms with Crippen molar-refractivity contribution in [3.63, 3.8) is 0 Å². The lowest BCUT2D eigenvalue weighted by atomic mass is 10.1. The number of carbonyl (C=O) groups is 1. The zero-order valence-corrected chi connectivity index (χ0v) is 17.1. The Morgan fingerprint density at radius 1 is 1.29 bits per heavy atom. The van der Waals surface area contributed by atoms with Crippen molar-refractivity contribution in [1.29, 1.82) is 5.26 Å². The molecule has 5 nitrogen and oxygen atoms in total. The van der Waals surface area contributed by atoms with Gasteiger partial charge in [-0.05, 0) is 24.3 Å². The van der Waals surface area contributed by atoms with Gasteiger partial charge < -0.3 is 14.6 Å². The minimum absolute atomic E-state index is 0.218. The van der Waals surface area contributed by atoms with Gasteiger partial charge in [-0.2, -0.15) is 5.26 Å². The van der Waals surface area contributed by atoms with Crippen molar-refractivity contribution in [3.05, 3.63) is 70.3 Å². The SMILES string of the molecule is COCc1c(Br)cccc1NC(=O)C=Cc1cn(CCC#N)c2ccccc12. The normalized spacial score (nSPS) is 11.0. The number of carbonyl (C=O) groups excluding carboxylic acids is 1. The third-order valence-corrected chi connectivity index (χ3v) is 5.11. The molecule has 0 radical (unpaired) electrons. The van der Waals surface area contributed by atoms with Crippen molar-refractivity contribution in [2.24, 2.45) is 0 Å². The van der Waals surface area contributed by atoms with E-state index in [2.05, 4.69) is 27.3 Å². The first kappa shape index (κ1) is 19.9. The van der Waals surface area contributed by atoms with Crippen LogP contribution in [0.2, 0.25) is 0 Å². The molecule has 1 heterocycles. The van der Waals surface area contributed by atoms with Gasteiger partial charge >= 0.3 is 0 Å². The predicted octanol–water partition coefficient (Wildman–Crippen LogP) is 5.12. The second kappa shape index (κ2) is 9.36. The molecule has 1 N–H and O–H groups in total. The molecule has 3 rings (SSSR count). The molecule has 0 unspecified atom stereocenters. The topological polar surface area (TPSA) is 67.0 Å². The molecular formula is C22H20BrN3O2. The number of rotatable bonds is 7. The van der Waals surface area contributed by atoms with Gasteiger partial charge in [0.1, 0.15) is 0 Å². The number of methoxy groups -OCH3 is 1. The van der Waals surface area contributed by atoms with Crippen LogP contribution in [0.5, 0.6) is 0 Å². The third-order valence-electron chi connectivity index (χ3n) is 4.36. The van der Waals surface area contributed by atoms with Crippen LogP contribution in [0.1, 0.15) is 17.5 Å². The Morgan fingerprint density at radius 3 is 2.89 bits per heavy atom. The van der Waals surface area contributed by atoms with E-state index in [-0.39, 0.29) is 5.91 Å². The van der Waals surface area contributed by atoms with E-state index in [0.29, 0.717) is 25.3 Å². The molecular weight excluding hydrogens is 418 g/mol. The third kappa shape index (κ3) is 4.50. The van der Waals surface area contributed by atoms with E-state index in [1.165, 1.54) is 6.08 Å². The van der Waals surface area contributed by atoms with E-state index in [1.807, 2.05) is 53.2 Å². The molecule has 0 aliphatic heterocycles. The number of nitrogens with one attached hydrogen (secondary N) is 1. The molecule has 3 aromatic rings. The van der Waals surface area contributed by atoms with Crippen molar-refractivity contribution in [2.45, 2.75) is 19.6 Å². The van der Waals surface area contributed by atoms with E-state index in [0.717, 1.165) is 26.5 Å². The minimum atomic E-state index is -0.218. The van der Waals surface area contributed by atoms with Gasteiger partial charge in [-0.15, -0.1) is 0 Å². The van der Waals surface area contributed by atoms with Crippen LogP contribution < -0.4 is 5.32 Å². The maximum absolute atomic E-state index is 12.5. The van der Waals surface area contributed by atoms with E-state index < -0.39 is 0 Å². The number of amides is 1. The van der Waals surface area contributed by atoms with Crippen LogP contribution in [0.3, 0.4) is 0 Å². The molecule has 0 fully saturated rings. The molecule has 28 heavy (non-hydrogen) atoms. The Kier molecular flexibility index (Phi) is 6.64. The molecule has 0 aliphatic carbocycles. The number of hydrogen-bond donors (Lipinski definition) is 1. The number of aryl methyl sites for hydroxylation is 1. The highest BCUT2D eigenvalue weighted by molar-refractivity contribution is 9.10.